The fraction of sp³-hybridized carbons (Fsp3) is 0. The lowest BCUT2D eigenvalue weighted by Crippen LogP contribution is -1.98. The Morgan fingerprint density at radius 2 is 1.85 bits per heavy atom. The van der Waals surface area contributed by atoms with Crippen LogP contribution in [0.25, 0.3) is 11.0 Å². The highest BCUT2D eigenvalue weighted by Crippen LogP contribution is 2.26. The lowest BCUT2D eigenvalue weighted by atomic mass is 10.2. The van der Waals surface area contributed by atoms with Crippen molar-refractivity contribution >= 4 is 16.7 Å². The minimum absolute atomic E-state index is 0.111. The molecular formula is C14H9N5O. The van der Waals surface area contributed by atoms with Gasteiger partial charge >= 0.3 is 6.01 Å². The number of para-hydroxylation sites is 1. The van der Waals surface area contributed by atoms with E-state index in [1.54, 1.807) is 12.1 Å². The van der Waals surface area contributed by atoms with Crippen LogP contribution in [0.3, 0.4) is 0 Å². The van der Waals surface area contributed by atoms with E-state index in [0.717, 1.165) is 0 Å². The van der Waals surface area contributed by atoms with Crippen molar-refractivity contribution in [2.75, 3.05) is 5.73 Å². The third-order valence-corrected chi connectivity index (χ3v) is 2.68. The first kappa shape index (κ1) is 11.9. The Morgan fingerprint density at radius 3 is 2.60 bits per heavy atom. The molecule has 0 amide bonds. The van der Waals surface area contributed by atoms with Crippen molar-refractivity contribution < 1.29 is 4.74 Å². The van der Waals surface area contributed by atoms with Crippen LogP contribution in [0, 0.1) is 11.3 Å². The number of rotatable bonds is 2. The zero-order valence-corrected chi connectivity index (χ0v) is 10.3. The lowest BCUT2D eigenvalue weighted by molar-refractivity contribution is 0.439. The molecule has 96 valence electrons. The van der Waals surface area contributed by atoms with Gasteiger partial charge in [-0.25, -0.2) is 0 Å². The number of aromatic nitrogens is 3. The second-order valence-electron chi connectivity index (χ2n) is 4.05. The van der Waals surface area contributed by atoms with Crippen LogP contribution >= 0.6 is 0 Å². The van der Waals surface area contributed by atoms with Crippen molar-refractivity contribution in [1.82, 2.24) is 15.2 Å². The zero-order valence-electron chi connectivity index (χ0n) is 10.3. The molecule has 0 spiro atoms. The molecule has 0 radical (unpaired) electrons. The summed E-state index contributed by atoms with van der Waals surface area (Å²) in [5, 5.41) is 16.7. The van der Waals surface area contributed by atoms with Gasteiger partial charge in [0.25, 0.3) is 0 Å². The van der Waals surface area contributed by atoms with Gasteiger partial charge in [0.1, 0.15) is 5.52 Å². The molecule has 0 saturated carbocycles. The Morgan fingerprint density at radius 1 is 1.05 bits per heavy atom. The van der Waals surface area contributed by atoms with Gasteiger partial charge in [-0.3, -0.25) is 0 Å². The number of nitrogen functional groups attached to an aromatic ring is 1. The van der Waals surface area contributed by atoms with Crippen molar-refractivity contribution in [2.45, 2.75) is 0 Å². The maximum Gasteiger partial charge on any atom is 0.341 e. The van der Waals surface area contributed by atoms with E-state index in [2.05, 4.69) is 15.2 Å². The number of nitrogens with zero attached hydrogens (tertiary/aromatic N) is 4. The number of anilines is 1. The highest BCUT2D eigenvalue weighted by molar-refractivity contribution is 5.73. The van der Waals surface area contributed by atoms with Gasteiger partial charge in [0.2, 0.25) is 0 Å². The predicted molar refractivity (Wildman–Crippen MR) is 73.0 cm³/mol. The largest absolute Gasteiger partial charge is 0.421 e. The van der Waals surface area contributed by atoms with Crippen LogP contribution in [0.5, 0.6) is 11.8 Å². The first-order valence-corrected chi connectivity index (χ1v) is 5.83. The fourth-order valence-corrected chi connectivity index (χ4v) is 1.72. The van der Waals surface area contributed by atoms with E-state index in [0.29, 0.717) is 28.0 Å². The van der Waals surface area contributed by atoms with Gasteiger partial charge in [0, 0.05) is 0 Å². The van der Waals surface area contributed by atoms with Crippen LogP contribution in [0.4, 0.5) is 5.69 Å². The van der Waals surface area contributed by atoms with Crippen LogP contribution < -0.4 is 10.5 Å². The van der Waals surface area contributed by atoms with Gasteiger partial charge < -0.3 is 10.5 Å². The van der Waals surface area contributed by atoms with E-state index in [-0.39, 0.29) is 6.01 Å². The smallest absolute Gasteiger partial charge is 0.341 e. The van der Waals surface area contributed by atoms with Crippen molar-refractivity contribution in [1.29, 1.82) is 5.26 Å². The summed E-state index contributed by atoms with van der Waals surface area (Å²) in [6, 6.07) is 14.2. The number of nitriles is 1. The molecule has 6 nitrogen and oxygen atoms in total. The van der Waals surface area contributed by atoms with Crippen LogP contribution in [-0.2, 0) is 0 Å². The maximum atomic E-state index is 8.78. The molecule has 0 bridgehead atoms. The summed E-state index contributed by atoms with van der Waals surface area (Å²) in [7, 11) is 0. The average Bonchev–Trinajstić information content (AvgIpc) is 2.49. The number of hydrogen-bond acceptors (Lipinski definition) is 6. The van der Waals surface area contributed by atoms with Crippen LogP contribution in [0.15, 0.2) is 42.5 Å². The van der Waals surface area contributed by atoms with Crippen LogP contribution in [0.1, 0.15) is 5.56 Å². The molecule has 2 N–H and O–H groups in total. The molecule has 1 aromatic heterocycles. The van der Waals surface area contributed by atoms with Crippen LogP contribution in [0.2, 0.25) is 0 Å². The molecule has 6 heteroatoms. The molecule has 0 aliphatic rings. The Labute approximate surface area is 114 Å². The first-order valence-electron chi connectivity index (χ1n) is 5.83. The Balaban J connectivity index is 1.95. The molecule has 20 heavy (non-hydrogen) atoms. The van der Waals surface area contributed by atoms with E-state index in [4.69, 9.17) is 15.7 Å². The first-order chi connectivity index (χ1) is 9.76. The monoisotopic (exact) mass is 263 g/mol. The molecule has 1 heterocycles. The number of fused-ring (bicyclic) bond motifs is 1. The van der Waals surface area contributed by atoms with E-state index in [1.165, 1.54) is 6.07 Å². The summed E-state index contributed by atoms with van der Waals surface area (Å²) in [6.45, 7) is 0. The fourth-order valence-electron chi connectivity index (χ4n) is 1.72. The standard InChI is InChI=1S/C14H9N5O/c15-8-9-5-6-13(10(16)7-9)20-14-17-11-3-1-2-4-12(11)18-19-14/h1-7H,16H2. The summed E-state index contributed by atoms with van der Waals surface area (Å²) in [5.41, 5.74) is 7.99. The minimum atomic E-state index is 0.111. The Hall–Kier alpha value is -3.20. The Bertz CT molecular complexity index is 825. The molecule has 0 atom stereocenters. The quantitative estimate of drug-likeness (QED) is 0.712. The van der Waals surface area contributed by atoms with E-state index in [1.807, 2.05) is 30.3 Å². The molecule has 0 saturated heterocycles. The number of benzene rings is 2. The molecule has 0 aliphatic carbocycles. The third-order valence-electron chi connectivity index (χ3n) is 2.68. The van der Waals surface area contributed by atoms with Gasteiger partial charge in [-0.05, 0) is 30.3 Å². The SMILES string of the molecule is N#Cc1ccc(Oc2nnc3ccccc3n2)c(N)c1. The lowest BCUT2D eigenvalue weighted by Gasteiger charge is -2.06. The molecule has 0 unspecified atom stereocenters. The molecule has 3 rings (SSSR count). The minimum Gasteiger partial charge on any atom is -0.421 e. The van der Waals surface area contributed by atoms with Crippen molar-refractivity contribution in [3.05, 3.63) is 48.0 Å². The predicted octanol–water partition coefficient (Wildman–Crippen LogP) is 2.27. The second-order valence-corrected chi connectivity index (χ2v) is 4.05. The maximum absolute atomic E-state index is 8.78. The van der Waals surface area contributed by atoms with Crippen molar-refractivity contribution in [2.24, 2.45) is 0 Å². The van der Waals surface area contributed by atoms with Gasteiger partial charge in [-0.15, -0.1) is 5.10 Å². The summed E-state index contributed by atoms with van der Waals surface area (Å²) in [4.78, 5) is 4.24. The summed E-state index contributed by atoms with van der Waals surface area (Å²) >= 11 is 0. The molecule has 0 aliphatic heterocycles. The average molecular weight is 263 g/mol. The molecule has 2 aromatic carbocycles. The van der Waals surface area contributed by atoms with Crippen molar-refractivity contribution in [3.8, 4) is 17.8 Å². The van der Waals surface area contributed by atoms with E-state index >= 15 is 0 Å². The Kier molecular flexibility index (Phi) is 2.86. The topological polar surface area (TPSA) is 97.7 Å². The van der Waals surface area contributed by atoms with Gasteiger partial charge in [0.15, 0.2) is 5.75 Å². The van der Waals surface area contributed by atoms with Crippen molar-refractivity contribution in [3.63, 3.8) is 0 Å². The van der Waals surface area contributed by atoms with Crippen LogP contribution in [-0.4, -0.2) is 15.2 Å². The highest BCUT2D eigenvalue weighted by Gasteiger charge is 2.07. The summed E-state index contributed by atoms with van der Waals surface area (Å²) < 4.78 is 5.50. The van der Waals surface area contributed by atoms with E-state index < -0.39 is 0 Å². The zero-order chi connectivity index (χ0) is 13.9. The number of nitrogens with two attached hydrogens (primary N) is 1. The number of ether oxygens (including phenoxy) is 1. The summed E-state index contributed by atoms with van der Waals surface area (Å²) in [5.74, 6) is 0.390. The molecule has 0 fully saturated rings. The van der Waals surface area contributed by atoms with Gasteiger partial charge in [0.05, 0.1) is 22.8 Å². The molecule has 3 aromatic rings. The summed E-state index contributed by atoms with van der Waals surface area (Å²) in [6.07, 6.45) is 0. The van der Waals surface area contributed by atoms with Gasteiger partial charge in [-0.1, -0.05) is 17.2 Å². The van der Waals surface area contributed by atoms with Gasteiger partial charge in [-0.2, -0.15) is 10.2 Å². The molecular weight excluding hydrogens is 254 g/mol. The normalized spacial score (nSPS) is 10.2. The third kappa shape index (κ3) is 2.20. The van der Waals surface area contributed by atoms with E-state index in [9.17, 15) is 0 Å². The number of hydrogen-bond donors (Lipinski definition) is 1. The highest BCUT2D eigenvalue weighted by atomic mass is 16.5. The second kappa shape index (κ2) is 4.82.